The van der Waals surface area contributed by atoms with Crippen LogP contribution in [0.2, 0.25) is 5.02 Å². The maximum absolute atomic E-state index is 15.6. The largest absolute Gasteiger partial charge is 0.485 e. The standard InChI is InChI=1S/C28H19ClF3N3O3S/c1-35(2)28(36)22-18(29)9-6-10-21(22)39-25-23(30)26(32)34-27(24(25)31)38-20-13-17(14-33)11-12-19(20)37-15-16-7-4-3-5-8-16/h3-13H,15H2,1-2H3. The van der Waals surface area contributed by atoms with Gasteiger partial charge in [0.05, 0.1) is 27.1 Å². The molecule has 4 aromatic rings. The summed E-state index contributed by atoms with van der Waals surface area (Å²) in [5.74, 6) is -5.93. The summed E-state index contributed by atoms with van der Waals surface area (Å²) in [5, 5.41) is 9.37. The minimum absolute atomic E-state index is 0.00836. The SMILES string of the molecule is CN(C)C(=O)c1c(Cl)cccc1Sc1c(F)c(F)nc(Oc2cc(C#N)ccc2OCc2ccccc2)c1F. The van der Waals surface area contributed by atoms with Crippen molar-refractivity contribution in [2.45, 2.75) is 16.4 Å². The summed E-state index contributed by atoms with van der Waals surface area (Å²) >= 11 is 6.66. The Balaban J connectivity index is 1.72. The van der Waals surface area contributed by atoms with Crippen LogP contribution in [-0.2, 0) is 6.61 Å². The number of aromatic nitrogens is 1. The lowest BCUT2D eigenvalue weighted by atomic mass is 10.2. The fraction of sp³-hybridized carbons (Fsp3) is 0.107. The molecule has 198 valence electrons. The molecule has 0 unspecified atom stereocenters. The number of carbonyl (C=O) groups is 1. The van der Waals surface area contributed by atoms with Gasteiger partial charge in [-0.3, -0.25) is 4.79 Å². The van der Waals surface area contributed by atoms with Gasteiger partial charge in [0.1, 0.15) is 6.61 Å². The van der Waals surface area contributed by atoms with Crippen LogP contribution in [0.1, 0.15) is 21.5 Å². The Morgan fingerprint density at radius 3 is 2.46 bits per heavy atom. The van der Waals surface area contributed by atoms with Crippen LogP contribution in [0.5, 0.6) is 17.4 Å². The van der Waals surface area contributed by atoms with E-state index in [0.717, 1.165) is 5.56 Å². The van der Waals surface area contributed by atoms with E-state index in [1.165, 1.54) is 55.4 Å². The number of hydrogen-bond acceptors (Lipinski definition) is 6. The Bertz CT molecular complexity index is 1580. The second-order valence-corrected chi connectivity index (χ2v) is 9.69. The molecule has 4 rings (SSSR count). The number of nitrogens with zero attached hydrogens (tertiary/aromatic N) is 3. The van der Waals surface area contributed by atoms with Crippen LogP contribution in [0, 0.1) is 28.9 Å². The number of pyridine rings is 1. The Labute approximate surface area is 231 Å². The molecule has 0 radical (unpaired) electrons. The molecule has 0 fully saturated rings. The lowest BCUT2D eigenvalue weighted by molar-refractivity contribution is 0.0824. The molecule has 0 aliphatic carbocycles. The second-order valence-electron chi connectivity index (χ2n) is 8.23. The van der Waals surface area contributed by atoms with E-state index in [2.05, 4.69) is 4.98 Å². The van der Waals surface area contributed by atoms with Crippen molar-refractivity contribution in [2.24, 2.45) is 0 Å². The third-order valence-electron chi connectivity index (χ3n) is 5.29. The average Bonchev–Trinajstić information content (AvgIpc) is 2.93. The maximum Gasteiger partial charge on any atom is 0.260 e. The van der Waals surface area contributed by atoms with Crippen LogP contribution in [0.25, 0.3) is 0 Å². The number of carbonyl (C=O) groups excluding carboxylic acids is 1. The summed E-state index contributed by atoms with van der Waals surface area (Å²) in [5.41, 5.74) is 0.972. The number of amides is 1. The first kappa shape index (κ1) is 27.8. The number of ether oxygens (including phenoxy) is 2. The molecule has 0 aliphatic rings. The van der Waals surface area contributed by atoms with E-state index in [4.69, 9.17) is 21.1 Å². The van der Waals surface area contributed by atoms with E-state index < -0.39 is 34.3 Å². The fourth-order valence-corrected chi connectivity index (χ4v) is 4.71. The quantitative estimate of drug-likeness (QED) is 0.208. The monoisotopic (exact) mass is 569 g/mol. The molecule has 6 nitrogen and oxygen atoms in total. The number of hydrogen-bond donors (Lipinski definition) is 0. The van der Waals surface area contributed by atoms with Crippen molar-refractivity contribution in [3.63, 3.8) is 0 Å². The summed E-state index contributed by atoms with van der Waals surface area (Å²) in [4.78, 5) is 16.5. The minimum atomic E-state index is -1.63. The van der Waals surface area contributed by atoms with Gasteiger partial charge >= 0.3 is 0 Å². The van der Waals surface area contributed by atoms with Crippen LogP contribution in [0.3, 0.4) is 0 Å². The van der Waals surface area contributed by atoms with Crippen LogP contribution < -0.4 is 9.47 Å². The Morgan fingerprint density at radius 2 is 1.77 bits per heavy atom. The van der Waals surface area contributed by atoms with Gasteiger partial charge in [-0.1, -0.05) is 59.8 Å². The first-order valence-corrected chi connectivity index (χ1v) is 12.5. The summed E-state index contributed by atoms with van der Waals surface area (Å²) in [6.45, 7) is 0.120. The zero-order chi connectivity index (χ0) is 28.1. The van der Waals surface area contributed by atoms with E-state index in [1.54, 1.807) is 0 Å². The Kier molecular flexibility index (Phi) is 8.64. The molecule has 1 amide bonds. The molecule has 0 spiro atoms. The first-order valence-electron chi connectivity index (χ1n) is 11.3. The molecule has 0 atom stereocenters. The van der Waals surface area contributed by atoms with Crippen LogP contribution >= 0.6 is 23.4 Å². The van der Waals surface area contributed by atoms with Crippen molar-refractivity contribution in [1.82, 2.24) is 9.88 Å². The molecule has 3 aromatic carbocycles. The summed E-state index contributed by atoms with van der Waals surface area (Å²) in [7, 11) is 2.98. The lowest BCUT2D eigenvalue weighted by Crippen LogP contribution is -2.22. The first-order chi connectivity index (χ1) is 18.7. The molecule has 0 saturated heterocycles. The predicted octanol–water partition coefficient (Wildman–Crippen LogP) is 7.25. The van der Waals surface area contributed by atoms with Crippen molar-refractivity contribution in [3.05, 3.63) is 106 Å². The molecule has 0 N–H and O–H groups in total. The minimum Gasteiger partial charge on any atom is -0.485 e. The van der Waals surface area contributed by atoms with Crippen LogP contribution in [0.4, 0.5) is 13.2 Å². The summed E-state index contributed by atoms with van der Waals surface area (Å²) in [6, 6.07) is 19.6. The van der Waals surface area contributed by atoms with Crippen molar-refractivity contribution in [3.8, 4) is 23.4 Å². The van der Waals surface area contributed by atoms with Crippen molar-refractivity contribution in [1.29, 1.82) is 5.26 Å². The smallest absolute Gasteiger partial charge is 0.260 e. The van der Waals surface area contributed by atoms with Crippen molar-refractivity contribution >= 4 is 29.3 Å². The zero-order valence-electron chi connectivity index (χ0n) is 20.5. The number of halogens is 4. The molecule has 1 heterocycles. The molecule has 39 heavy (non-hydrogen) atoms. The highest BCUT2D eigenvalue weighted by atomic mass is 35.5. The van der Waals surface area contributed by atoms with Crippen LogP contribution in [-0.4, -0.2) is 29.9 Å². The van der Waals surface area contributed by atoms with E-state index in [9.17, 15) is 18.8 Å². The number of benzene rings is 3. The molecular weight excluding hydrogens is 551 g/mol. The van der Waals surface area contributed by atoms with Gasteiger partial charge in [0.2, 0.25) is 5.82 Å². The molecule has 0 aliphatic heterocycles. The third kappa shape index (κ3) is 6.28. The van der Waals surface area contributed by atoms with E-state index >= 15 is 4.39 Å². The Morgan fingerprint density at radius 1 is 1.03 bits per heavy atom. The van der Waals surface area contributed by atoms with Crippen LogP contribution in [0.15, 0.2) is 76.5 Å². The number of rotatable bonds is 8. The van der Waals surface area contributed by atoms with Gasteiger partial charge in [0, 0.05) is 25.1 Å². The third-order valence-corrected chi connectivity index (χ3v) is 6.73. The molecule has 11 heteroatoms. The highest BCUT2D eigenvalue weighted by Crippen LogP contribution is 2.41. The van der Waals surface area contributed by atoms with E-state index in [0.29, 0.717) is 11.8 Å². The van der Waals surface area contributed by atoms with Gasteiger partial charge in [-0.25, -0.2) is 4.39 Å². The van der Waals surface area contributed by atoms with Gasteiger partial charge in [0.15, 0.2) is 17.3 Å². The van der Waals surface area contributed by atoms with Crippen molar-refractivity contribution in [2.75, 3.05) is 14.1 Å². The van der Waals surface area contributed by atoms with E-state index in [1.807, 2.05) is 36.4 Å². The van der Waals surface area contributed by atoms with E-state index in [-0.39, 0.29) is 39.2 Å². The predicted molar refractivity (Wildman–Crippen MR) is 140 cm³/mol. The molecular formula is C28H19ClF3N3O3S. The van der Waals surface area contributed by atoms with Gasteiger partial charge in [0.25, 0.3) is 17.7 Å². The Hall–Kier alpha value is -4.20. The maximum atomic E-state index is 15.6. The van der Waals surface area contributed by atoms with Crippen molar-refractivity contribution < 1.29 is 27.4 Å². The molecule has 0 saturated carbocycles. The topological polar surface area (TPSA) is 75.5 Å². The molecule has 1 aromatic heterocycles. The average molecular weight is 570 g/mol. The number of nitriles is 1. The van der Waals surface area contributed by atoms with Gasteiger partial charge in [-0.05, 0) is 29.8 Å². The summed E-state index contributed by atoms with van der Waals surface area (Å²) < 4.78 is 56.3. The normalized spacial score (nSPS) is 10.6. The highest BCUT2D eigenvalue weighted by molar-refractivity contribution is 7.99. The lowest BCUT2D eigenvalue weighted by Gasteiger charge is -2.17. The fourth-order valence-electron chi connectivity index (χ4n) is 3.38. The summed E-state index contributed by atoms with van der Waals surface area (Å²) in [6.07, 6.45) is 0. The zero-order valence-corrected chi connectivity index (χ0v) is 22.1. The molecule has 0 bridgehead atoms. The van der Waals surface area contributed by atoms with Gasteiger partial charge in [-0.2, -0.15) is 19.0 Å². The second kappa shape index (κ2) is 12.1. The van der Waals surface area contributed by atoms with Gasteiger partial charge in [-0.15, -0.1) is 0 Å². The highest BCUT2D eigenvalue weighted by Gasteiger charge is 2.27. The van der Waals surface area contributed by atoms with Gasteiger partial charge < -0.3 is 14.4 Å².